The number of rotatable bonds is 6. The van der Waals surface area contributed by atoms with Crippen molar-refractivity contribution in [3.8, 4) is 11.5 Å². The third-order valence-electron chi connectivity index (χ3n) is 5.16. The minimum absolute atomic E-state index is 0.145. The molecule has 29 heavy (non-hydrogen) atoms. The molecular formula is C19H27N6O3S+. The monoisotopic (exact) mass is 419 g/mol. The van der Waals surface area contributed by atoms with Crippen LogP contribution in [-0.4, -0.2) is 76.2 Å². The number of amides is 1. The van der Waals surface area contributed by atoms with Crippen LogP contribution in [-0.2, 0) is 11.3 Å². The first kappa shape index (κ1) is 20.0. The van der Waals surface area contributed by atoms with E-state index in [1.807, 2.05) is 24.8 Å². The largest absolute Gasteiger partial charge is 0.486 e. The summed E-state index contributed by atoms with van der Waals surface area (Å²) >= 11 is 1.40. The van der Waals surface area contributed by atoms with E-state index in [0.717, 1.165) is 44.2 Å². The molecule has 10 heteroatoms. The van der Waals surface area contributed by atoms with Gasteiger partial charge in [-0.2, -0.15) is 0 Å². The van der Waals surface area contributed by atoms with Gasteiger partial charge in [0.2, 0.25) is 11.1 Å². The molecule has 1 fully saturated rings. The van der Waals surface area contributed by atoms with Gasteiger partial charge >= 0.3 is 0 Å². The summed E-state index contributed by atoms with van der Waals surface area (Å²) in [6.07, 6.45) is 0. The zero-order chi connectivity index (χ0) is 20.2. The van der Waals surface area contributed by atoms with Crippen molar-refractivity contribution in [1.82, 2.24) is 25.1 Å². The molecule has 3 heterocycles. The van der Waals surface area contributed by atoms with Crippen molar-refractivity contribution in [3.63, 3.8) is 0 Å². The van der Waals surface area contributed by atoms with Gasteiger partial charge in [-0.3, -0.25) is 4.79 Å². The van der Waals surface area contributed by atoms with Crippen LogP contribution in [0.3, 0.4) is 0 Å². The van der Waals surface area contributed by atoms with Crippen LogP contribution >= 0.6 is 11.8 Å². The zero-order valence-corrected chi connectivity index (χ0v) is 17.7. The predicted octanol–water partition coefficient (Wildman–Crippen LogP) is 0.0446. The molecule has 0 bridgehead atoms. The molecular weight excluding hydrogens is 392 g/mol. The van der Waals surface area contributed by atoms with Gasteiger partial charge in [0.05, 0.1) is 38.0 Å². The quantitative estimate of drug-likeness (QED) is 0.662. The van der Waals surface area contributed by atoms with E-state index in [1.54, 1.807) is 4.68 Å². The number of fused-ring (bicyclic) bond motifs is 1. The van der Waals surface area contributed by atoms with E-state index in [0.29, 0.717) is 24.1 Å². The van der Waals surface area contributed by atoms with Crippen LogP contribution in [0.4, 0.5) is 0 Å². The number of carbonyl (C=O) groups is 1. The van der Waals surface area contributed by atoms with Gasteiger partial charge in [-0.15, -0.1) is 5.10 Å². The van der Waals surface area contributed by atoms with Crippen LogP contribution < -0.4 is 14.4 Å². The second-order valence-corrected chi connectivity index (χ2v) is 8.52. The first-order valence-corrected chi connectivity index (χ1v) is 11.0. The van der Waals surface area contributed by atoms with E-state index in [9.17, 15) is 4.79 Å². The van der Waals surface area contributed by atoms with Gasteiger partial charge in [-0.05, 0) is 42.5 Å². The van der Waals surface area contributed by atoms with Gasteiger partial charge in [0.15, 0.2) is 11.5 Å². The SMILES string of the molecule is CC(C)n1nnnc1SCC(=O)N1CC[NH+](Cc2ccc3c(c2)OCCO3)CC1. The lowest BCUT2D eigenvalue weighted by Gasteiger charge is -2.32. The van der Waals surface area contributed by atoms with Crippen molar-refractivity contribution in [2.45, 2.75) is 31.6 Å². The van der Waals surface area contributed by atoms with Crippen LogP contribution in [0.25, 0.3) is 0 Å². The third kappa shape index (κ3) is 4.81. The van der Waals surface area contributed by atoms with E-state index < -0.39 is 0 Å². The lowest BCUT2D eigenvalue weighted by molar-refractivity contribution is -0.917. The van der Waals surface area contributed by atoms with Crippen molar-refractivity contribution in [3.05, 3.63) is 23.8 Å². The Hall–Kier alpha value is -2.33. The Labute approximate surface area is 174 Å². The highest BCUT2D eigenvalue weighted by Crippen LogP contribution is 2.30. The molecule has 156 valence electrons. The summed E-state index contributed by atoms with van der Waals surface area (Å²) < 4.78 is 13.0. The fourth-order valence-corrected chi connectivity index (χ4v) is 4.47. The van der Waals surface area contributed by atoms with E-state index in [2.05, 4.69) is 27.7 Å². The Bertz CT molecular complexity index is 850. The summed E-state index contributed by atoms with van der Waals surface area (Å²) in [5.41, 5.74) is 1.24. The summed E-state index contributed by atoms with van der Waals surface area (Å²) in [4.78, 5) is 16.0. The number of hydrogen-bond acceptors (Lipinski definition) is 7. The van der Waals surface area contributed by atoms with Crippen LogP contribution in [0.15, 0.2) is 23.4 Å². The number of nitrogens with zero attached hydrogens (tertiary/aromatic N) is 5. The lowest BCUT2D eigenvalue weighted by Crippen LogP contribution is -3.13. The number of aromatic nitrogens is 4. The van der Waals surface area contributed by atoms with Crippen LogP contribution in [0.2, 0.25) is 0 Å². The maximum absolute atomic E-state index is 12.6. The number of hydrogen-bond donors (Lipinski definition) is 1. The number of tetrazole rings is 1. The molecule has 2 aliphatic rings. The van der Waals surface area contributed by atoms with Gasteiger partial charge in [0.25, 0.3) is 0 Å². The van der Waals surface area contributed by atoms with Gasteiger partial charge in [0.1, 0.15) is 19.8 Å². The molecule has 0 radical (unpaired) electrons. The molecule has 4 rings (SSSR count). The lowest BCUT2D eigenvalue weighted by atomic mass is 10.1. The number of ether oxygens (including phenoxy) is 2. The topological polar surface area (TPSA) is 86.8 Å². The molecule has 1 aromatic carbocycles. The first-order valence-electron chi connectivity index (χ1n) is 10.0. The Morgan fingerprint density at radius 1 is 1.21 bits per heavy atom. The number of quaternary nitrogens is 1. The minimum Gasteiger partial charge on any atom is -0.486 e. The molecule has 2 aromatic rings. The molecule has 2 aliphatic heterocycles. The van der Waals surface area contributed by atoms with Crippen LogP contribution in [0.5, 0.6) is 11.5 Å². The normalized spacial score (nSPS) is 17.0. The van der Waals surface area contributed by atoms with Gasteiger partial charge in [-0.25, -0.2) is 4.68 Å². The first-order chi connectivity index (χ1) is 14.1. The van der Waals surface area contributed by atoms with E-state index >= 15 is 0 Å². The van der Waals surface area contributed by atoms with Crippen molar-refractivity contribution >= 4 is 17.7 Å². The van der Waals surface area contributed by atoms with E-state index in [4.69, 9.17) is 9.47 Å². The molecule has 1 saturated heterocycles. The Kier molecular flexibility index (Phi) is 6.19. The summed E-state index contributed by atoms with van der Waals surface area (Å²) in [6.45, 7) is 9.60. The van der Waals surface area contributed by atoms with Gasteiger partial charge in [0, 0.05) is 5.56 Å². The molecule has 1 aromatic heterocycles. The standard InChI is InChI=1S/C19H26N6O3S/c1-14(2)25-19(20-21-22-25)29-13-18(26)24-7-5-23(6-8-24)12-15-3-4-16-17(11-15)28-10-9-27-16/h3-4,11,14H,5-10,12-13H2,1-2H3/p+1. The Morgan fingerprint density at radius 3 is 2.72 bits per heavy atom. The average Bonchev–Trinajstić information content (AvgIpc) is 3.21. The fraction of sp³-hybridized carbons (Fsp3) is 0.579. The number of thioether (sulfide) groups is 1. The predicted molar refractivity (Wildman–Crippen MR) is 107 cm³/mol. The summed E-state index contributed by atoms with van der Waals surface area (Å²) in [5, 5.41) is 12.4. The van der Waals surface area contributed by atoms with E-state index in [-0.39, 0.29) is 11.9 Å². The molecule has 1 N–H and O–H groups in total. The summed E-state index contributed by atoms with van der Waals surface area (Å²) in [6, 6.07) is 6.35. The zero-order valence-electron chi connectivity index (χ0n) is 16.8. The Balaban J connectivity index is 1.25. The maximum atomic E-state index is 12.6. The highest BCUT2D eigenvalue weighted by Gasteiger charge is 2.25. The van der Waals surface area contributed by atoms with E-state index in [1.165, 1.54) is 22.2 Å². The number of piperazine rings is 1. The van der Waals surface area contributed by atoms with Gasteiger partial charge < -0.3 is 19.3 Å². The summed E-state index contributed by atoms with van der Waals surface area (Å²) in [7, 11) is 0. The fourth-order valence-electron chi connectivity index (χ4n) is 3.56. The molecule has 0 spiro atoms. The third-order valence-corrected chi connectivity index (χ3v) is 6.08. The minimum atomic E-state index is 0.145. The Morgan fingerprint density at radius 2 is 1.97 bits per heavy atom. The second-order valence-electron chi connectivity index (χ2n) is 7.57. The van der Waals surface area contributed by atoms with Crippen molar-refractivity contribution in [1.29, 1.82) is 0 Å². The van der Waals surface area contributed by atoms with Gasteiger partial charge in [-0.1, -0.05) is 11.8 Å². The second kappa shape index (κ2) is 9.00. The van der Waals surface area contributed by atoms with Crippen molar-refractivity contribution in [2.24, 2.45) is 0 Å². The number of carbonyl (C=O) groups excluding carboxylic acids is 1. The van der Waals surface area contributed by atoms with Crippen molar-refractivity contribution in [2.75, 3.05) is 45.1 Å². The molecule has 1 amide bonds. The molecule has 0 aliphatic carbocycles. The molecule has 0 unspecified atom stereocenters. The highest BCUT2D eigenvalue weighted by molar-refractivity contribution is 7.99. The van der Waals surface area contributed by atoms with Crippen LogP contribution in [0.1, 0.15) is 25.5 Å². The smallest absolute Gasteiger partial charge is 0.233 e. The highest BCUT2D eigenvalue weighted by atomic mass is 32.2. The maximum Gasteiger partial charge on any atom is 0.233 e. The number of nitrogens with one attached hydrogen (secondary N) is 1. The average molecular weight is 420 g/mol. The van der Waals surface area contributed by atoms with Crippen LogP contribution in [0, 0.1) is 0 Å². The molecule has 0 atom stereocenters. The molecule has 9 nitrogen and oxygen atoms in total. The molecule has 0 saturated carbocycles. The van der Waals surface area contributed by atoms with Crippen molar-refractivity contribution < 1.29 is 19.2 Å². The number of benzene rings is 1. The summed E-state index contributed by atoms with van der Waals surface area (Å²) in [5.74, 6) is 2.17.